The Labute approximate surface area is 116 Å². The normalized spacial score (nSPS) is 10.7. The summed E-state index contributed by atoms with van der Waals surface area (Å²) >= 11 is 0. The third-order valence-electron chi connectivity index (χ3n) is 3.25. The van der Waals surface area contributed by atoms with Crippen LogP contribution in [-0.2, 0) is 6.61 Å². The molecule has 100 valence electrons. The van der Waals surface area contributed by atoms with Gasteiger partial charge in [-0.1, -0.05) is 30.3 Å². The van der Waals surface area contributed by atoms with E-state index in [0.29, 0.717) is 12.4 Å². The minimum absolute atomic E-state index is 0.290. The Morgan fingerprint density at radius 2 is 1.95 bits per heavy atom. The Kier molecular flexibility index (Phi) is 3.33. The van der Waals surface area contributed by atoms with E-state index in [-0.39, 0.29) is 5.82 Å². The monoisotopic (exact) mass is 267 g/mol. The molecule has 2 nitrogen and oxygen atoms in total. The number of benzene rings is 2. The second-order valence-corrected chi connectivity index (χ2v) is 4.69. The van der Waals surface area contributed by atoms with E-state index < -0.39 is 0 Å². The lowest BCUT2D eigenvalue weighted by Gasteiger charge is -2.10. The van der Waals surface area contributed by atoms with Crippen LogP contribution >= 0.6 is 0 Å². The van der Waals surface area contributed by atoms with E-state index in [9.17, 15) is 4.39 Å². The number of rotatable bonds is 3. The zero-order chi connectivity index (χ0) is 13.9. The van der Waals surface area contributed by atoms with Gasteiger partial charge in [0.25, 0.3) is 0 Å². The first kappa shape index (κ1) is 12.6. The maximum Gasteiger partial charge on any atom is 0.126 e. The summed E-state index contributed by atoms with van der Waals surface area (Å²) in [6.07, 6.45) is 1.76. The Morgan fingerprint density at radius 3 is 2.85 bits per heavy atom. The quantitative estimate of drug-likeness (QED) is 0.707. The van der Waals surface area contributed by atoms with Crippen LogP contribution in [0, 0.1) is 12.7 Å². The van der Waals surface area contributed by atoms with Crippen LogP contribution in [0.5, 0.6) is 5.75 Å². The van der Waals surface area contributed by atoms with Gasteiger partial charge in [-0.2, -0.15) is 0 Å². The van der Waals surface area contributed by atoms with Crippen molar-refractivity contribution in [3.63, 3.8) is 0 Å². The van der Waals surface area contributed by atoms with Crippen molar-refractivity contribution in [3.8, 4) is 5.75 Å². The average molecular weight is 267 g/mol. The molecule has 0 N–H and O–H groups in total. The van der Waals surface area contributed by atoms with Crippen molar-refractivity contribution >= 4 is 10.9 Å². The van der Waals surface area contributed by atoms with Crippen LogP contribution in [0.3, 0.4) is 0 Å². The minimum Gasteiger partial charge on any atom is -0.488 e. The molecule has 0 bridgehead atoms. The highest BCUT2D eigenvalue weighted by molar-refractivity contribution is 5.81. The summed E-state index contributed by atoms with van der Waals surface area (Å²) < 4.78 is 19.0. The highest BCUT2D eigenvalue weighted by Crippen LogP contribution is 2.22. The minimum atomic E-state index is -0.290. The lowest BCUT2D eigenvalue weighted by atomic mass is 10.1. The van der Waals surface area contributed by atoms with E-state index in [1.165, 1.54) is 12.1 Å². The predicted molar refractivity (Wildman–Crippen MR) is 77.2 cm³/mol. The highest BCUT2D eigenvalue weighted by Gasteiger charge is 2.05. The molecule has 0 saturated heterocycles. The van der Waals surface area contributed by atoms with Crippen molar-refractivity contribution < 1.29 is 9.13 Å². The van der Waals surface area contributed by atoms with Crippen LogP contribution < -0.4 is 4.74 Å². The van der Waals surface area contributed by atoms with Crippen molar-refractivity contribution in [3.05, 3.63) is 71.7 Å². The van der Waals surface area contributed by atoms with Crippen molar-refractivity contribution in [2.24, 2.45) is 0 Å². The molecule has 3 rings (SSSR count). The second-order valence-electron chi connectivity index (χ2n) is 4.69. The summed E-state index contributed by atoms with van der Waals surface area (Å²) in [5, 5.41) is 1.07. The van der Waals surface area contributed by atoms with E-state index in [4.69, 9.17) is 4.74 Å². The zero-order valence-electron chi connectivity index (χ0n) is 11.1. The molecule has 0 radical (unpaired) electrons. The summed E-state index contributed by atoms with van der Waals surface area (Å²) in [5.41, 5.74) is 2.83. The highest BCUT2D eigenvalue weighted by atomic mass is 19.1. The average Bonchev–Trinajstić information content (AvgIpc) is 2.48. The summed E-state index contributed by atoms with van der Waals surface area (Å²) in [4.78, 5) is 4.38. The van der Waals surface area contributed by atoms with Gasteiger partial charge in [0.15, 0.2) is 0 Å². The Balaban J connectivity index is 1.89. The summed E-state index contributed by atoms with van der Waals surface area (Å²) in [6.45, 7) is 2.27. The smallest absolute Gasteiger partial charge is 0.126 e. The van der Waals surface area contributed by atoms with Crippen LogP contribution in [0.2, 0.25) is 0 Å². The molecule has 0 aliphatic rings. The number of para-hydroxylation sites is 1. The molecule has 0 aliphatic carbocycles. The summed E-state index contributed by atoms with van der Waals surface area (Å²) in [7, 11) is 0. The standard InChI is InChI=1S/C17H14FNO/c1-12-7-8-15(18)10-16(12)20-11-14-5-2-4-13-6-3-9-19-17(13)14/h2-10H,11H2,1H3. The van der Waals surface area contributed by atoms with Crippen LogP contribution in [0.4, 0.5) is 4.39 Å². The number of hydrogen-bond acceptors (Lipinski definition) is 2. The van der Waals surface area contributed by atoms with Gasteiger partial charge in [-0.3, -0.25) is 4.98 Å². The van der Waals surface area contributed by atoms with Gasteiger partial charge in [-0.05, 0) is 24.6 Å². The summed E-state index contributed by atoms with van der Waals surface area (Å²) in [6, 6.07) is 14.4. The van der Waals surface area contributed by atoms with Crippen LogP contribution in [0.15, 0.2) is 54.7 Å². The maximum atomic E-state index is 13.2. The molecule has 3 aromatic rings. The number of aryl methyl sites for hydroxylation is 1. The molecule has 0 amide bonds. The van der Waals surface area contributed by atoms with Crippen LogP contribution in [-0.4, -0.2) is 4.98 Å². The summed E-state index contributed by atoms with van der Waals surface area (Å²) in [5.74, 6) is 0.277. The van der Waals surface area contributed by atoms with E-state index in [1.807, 2.05) is 37.3 Å². The largest absolute Gasteiger partial charge is 0.488 e. The predicted octanol–water partition coefficient (Wildman–Crippen LogP) is 4.26. The molecular weight excluding hydrogens is 253 g/mol. The number of hydrogen-bond donors (Lipinski definition) is 0. The number of pyridine rings is 1. The zero-order valence-corrected chi connectivity index (χ0v) is 11.1. The molecular formula is C17H14FNO. The Hall–Kier alpha value is -2.42. The Morgan fingerprint density at radius 1 is 1.10 bits per heavy atom. The molecule has 0 aliphatic heterocycles. The van der Waals surface area contributed by atoms with Gasteiger partial charge < -0.3 is 4.74 Å². The van der Waals surface area contributed by atoms with Gasteiger partial charge in [0.05, 0.1) is 5.52 Å². The molecule has 0 fully saturated rings. The van der Waals surface area contributed by atoms with Gasteiger partial charge in [0.1, 0.15) is 18.2 Å². The number of fused-ring (bicyclic) bond motifs is 1. The number of nitrogens with zero attached hydrogens (tertiary/aromatic N) is 1. The van der Waals surface area contributed by atoms with Gasteiger partial charge >= 0.3 is 0 Å². The topological polar surface area (TPSA) is 22.1 Å². The van der Waals surface area contributed by atoms with Crippen molar-refractivity contribution in [1.29, 1.82) is 0 Å². The molecule has 3 heteroatoms. The molecule has 2 aromatic carbocycles. The first-order chi connectivity index (χ1) is 9.74. The van der Waals surface area contributed by atoms with Crippen molar-refractivity contribution in [2.45, 2.75) is 13.5 Å². The SMILES string of the molecule is Cc1ccc(F)cc1OCc1cccc2cccnc12. The lowest BCUT2D eigenvalue weighted by molar-refractivity contribution is 0.303. The number of aromatic nitrogens is 1. The molecule has 0 saturated carbocycles. The van der Waals surface area contributed by atoms with E-state index in [0.717, 1.165) is 22.0 Å². The van der Waals surface area contributed by atoms with Crippen molar-refractivity contribution in [1.82, 2.24) is 4.98 Å². The molecule has 0 unspecified atom stereocenters. The molecule has 0 spiro atoms. The van der Waals surface area contributed by atoms with Gasteiger partial charge in [0, 0.05) is 23.2 Å². The maximum absolute atomic E-state index is 13.2. The third kappa shape index (κ3) is 2.48. The first-order valence-electron chi connectivity index (χ1n) is 6.45. The van der Waals surface area contributed by atoms with E-state index in [2.05, 4.69) is 4.98 Å². The van der Waals surface area contributed by atoms with Crippen LogP contribution in [0.25, 0.3) is 10.9 Å². The fourth-order valence-corrected chi connectivity index (χ4v) is 2.17. The molecule has 1 aromatic heterocycles. The number of halogens is 1. The van der Waals surface area contributed by atoms with Crippen LogP contribution in [0.1, 0.15) is 11.1 Å². The van der Waals surface area contributed by atoms with Gasteiger partial charge in [-0.25, -0.2) is 4.39 Å². The second kappa shape index (κ2) is 5.29. The van der Waals surface area contributed by atoms with Crippen molar-refractivity contribution in [2.75, 3.05) is 0 Å². The Bertz CT molecular complexity index is 750. The van der Waals surface area contributed by atoms with Gasteiger partial charge in [-0.15, -0.1) is 0 Å². The molecule has 20 heavy (non-hydrogen) atoms. The van der Waals surface area contributed by atoms with Gasteiger partial charge in [0.2, 0.25) is 0 Å². The van der Waals surface area contributed by atoms with E-state index in [1.54, 1.807) is 12.3 Å². The fourth-order valence-electron chi connectivity index (χ4n) is 2.17. The fraction of sp³-hybridized carbons (Fsp3) is 0.118. The number of ether oxygens (including phenoxy) is 1. The van der Waals surface area contributed by atoms with E-state index >= 15 is 0 Å². The third-order valence-corrected chi connectivity index (χ3v) is 3.25. The molecule has 1 heterocycles. The molecule has 0 atom stereocenters. The lowest BCUT2D eigenvalue weighted by Crippen LogP contribution is -1.99. The first-order valence-corrected chi connectivity index (χ1v) is 6.45.